The number of rotatable bonds is 8. The van der Waals surface area contributed by atoms with Crippen LogP contribution in [0.25, 0.3) is 0 Å². The van der Waals surface area contributed by atoms with Gasteiger partial charge in [0, 0.05) is 11.6 Å². The Labute approximate surface area is 249 Å². The summed E-state index contributed by atoms with van der Waals surface area (Å²) in [5.74, 6) is 1.43. The van der Waals surface area contributed by atoms with E-state index in [9.17, 15) is 25.2 Å². The average molecular weight is 583 g/mol. The van der Waals surface area contributed by atoms with Gasteiger partial charge in [0.2, 0.25) is 0 Å². The molecular weight excluding hydrogens is 548 g/mol. The van der Waals surface area contributed by atoms with Crippen molar-refractivity contribution in [1.29, 1.82) is 0 Å². The van der Waals surface area contributed by atoms with Crippen LogP contribution >= 0.6 is 0 Å². The summed E-state index contributed by atoms with van der Waals surface area (Å²) in [4.78, 5) is 13.6. The summed E-state index contributed by atoms with van der Waals surface area (Å²) in [5.41, 5.74) is 3.75. The highest BCUT2D eigenvalue weighted by Gasteiger charge is 2.40. The zero-order valence-electron chi connectivity index (χ0n) is 23.8. The Balaban J connectivity index is 1.37. The van der Waals surface area contributed by atoms with Crippen molar-refractivity contribution in [1.82, 2.24) is 0 Å². The minimum Gasteiger partial charge on any atom is -0.508 e. The topological polar surface area (TPSA) is 126 Å². The van der Waals surface area contributed by atoms with Gasteiger partial charge < -0.3 is 34.6 Å². The molecule has 0 aromatic heterocycles. The van der Waals surface area contributed by atoms with Crippen molar-refractivity contribution in [3.63, 3.8) is 0 Å². The number of Topliss-reactive ketones (excluding diaryl/α,β-unsaturated/α-hetero) is 1. The predicted octanol–water partition coefficient (Wildman–Crippen LogP) is 6.51. The largest absolute Gasteiger partial charge is 0.508 e. The van der Waals surface area contributed by atoms with Crippen molar-refractivity contribution in [3.05, 3.63) is 107 Å². The molecule has 43 heavy (non-hydrogen) atoms. The minimum atomic E-state index is -0.657. The summed E-state index contributed by atoms with van der Waals surface area (Å²) in [6.45, 7) is 0. The van der Waals surface area contributed by atoms with Crippen LogP contribution in [-0.4, -0.2) is 39.4 Å². The second-order valence-electron chi connectivity index (χ2n) is 11.2. The van der Waals surface area contributed by atoms with E-state index < -0.39 is 12.2 Å². The van der Waals surface area contributed by atoms with E-state index in [0.717, 1.165) is 22.3 Å². The van der Waals surface area contributed by atoms with Gasteiger partial charge in [0.25, 0.3) is 0 Å². The van der Waals surface area contributed by atoms with Crippen LogP contribution in [0.1, 0.15) is 76.4 Å². The highest BCUT2D eigenvalue weighted by molar-refractivity contribution is 6.03. The number of aryl methyl sites for hydroxylation is 1. The molecule has 222 valence electrons. The number of benzene rings is 4. The minimum absolute atomic E-state index is 0.115. The van der Waals surface area contributed by atoms with Crippen molar-refractivity contribution in [2.24, 2.45) is 0 Å². The van der Waals surface area contributed by atoms with Crippen LogP contribution in [0, 0.1) is 0 Å². The Morgan fingerprint density at radius 3 is 2.02 bits per heavy atom. The molecule has 2 aliphatic heterocycles. The smallest absolute Gasteiger partial charge is 0.174 e. The van der Waals surface area contributed by atoms with Gasteiger partial charge in [-0.2, -0.15) is 0 Å². The van der Waals surface area contributed by atoms with Gasteiger partial charge in [-0.15, -0.1) is 0 Å². The molecule has 1 unspecified atom stereocenters. The molecule has 8 heteroatoms. The lowest BCUT2D eigenvalue weighted by atomic mass is 9.80. The SMILES string of the molecule is COc1cc2c(c3c1C(=O)CC(c1ccc(O)cc1)O3)[C@H](C[C@@H](O)CCc1ccc(O)cc1)C[C@@H](c1ccc(O)cc1)O2. The summed E-state index contributed by atoms with van der Waals surface area (Å²) < 4.78 is 18.8. The van der Waals surface area contributed by atoms with E-state index in [1.807, 2.05) is 24.3 Å². The zero-order valence-corrected chi connectivity index (χ0v) is 23.8. The molecule has 4 aromatic carbocycles. The standard InChI is InChI=1S/C35H34O8/c1-41-31-19-32-33(35-34(31)28(40)18-30(43-35)22-7-14-26(38)15-8-22)23(17-29(42-32)21-5-12-25(37)13-6-21)16-27(39)11-4-20-2-9-24(36)10-3-20/h2-3,5-10,12-15,19,23,27,29-30,36-39H,4,11,16-18H2,1H3/t23-,27+,29+,30?/m1/s1. The number of aromatic hydroxyl groups is 3. The van der Waals surface area contributed by atoms with E-state index in [0.29, 0.717) is 48.5 Å². The number of ketones is 1. The third-order valence-corrected chi connectivity index (χ3v) is 8.34. The quantitative estimate of drug-likeness (QED) is 0.185. The summed E-state index contributed by atoms with van der Waals surface area (Å²) in [7, 11) is 1.51. The van der Waals surface area contributed by atoms with Crippen LogP contribution in [-0.2, 0) is 6.42 Å². The van der Waals surface area contributed by atoms with Crippen LogP contribution in [0.5, 0.6) is 34.5 Å². The Hall–Kier alpha value is -4.69. The van der Waals surface area contributed by atoms with Crippen LogP contribution in [0.3, 0.4) is 0 Å². The summed E-state index contributed by atoms with van der Waals surface area (Å²) in [5, 5.41) is 40.5. The van der Waals surface area contributed by atoms with Crippen molar-refractivity contribution in [3.8, 4) is 34.5 Å². The molecule has 4 aromatic rings. The van der Waals surface area contributed by atoms with Gasteiger partial charge in [-0.25, -0.2) is 0 Å². The fourth-order valence-corrected chi connectivity index (χ4v) is 6.12. The van der Waals surface area contributed by atoms with Gasteiger partial charge in [-0.1, -0.05) is 36.4 Å². The van der Waals surface area contributed by atoms with Gasteiger partial charge in [0.1, 0.15) is 52.3 Å². The molecule has 0 spiro atoms. The molecule has 0 saturated heterocycles. The second-order valence-corrected chi connectivity index (χ2v) is 11.2. The molecular formula is C35H34O8. The first-order valence-corrected chi connectivity index (χ1v) is 14.4. The zero-order chi connectivity index (χ0) is 30.1. The number of hydrogen-bond acceptors (Lipinski definition) is 8. The van der Waals surface area contributed by atoms with Crippen LogP contribution in [0.2, 0.25) is 0 Å². The predicted molar refractivity (Wildman–Crippen MR) is 159 cm³/mol. The Kier molecular flexibility index (Phi) is 7.86. The van der Waals surface area contributed by atoms with Crippen molar-refractivity contribution in [2.75, 3.05) is 7.11 Å². The number of carbonyl (C=O) groups is 1. The number of phenols is 3. The van der Waals surface area contributed by atoms with Gasteiger partial charge in [-0.05, 0) is 84.7 Å². The van der Waals surface area contributed by atoms with E-state index in [1.165, 1.54) is 7.11 Å². The molecule has 0 fully saturated rings. The average Bonchev–Trinajstić information content (AvgIpc) is 3.00. The van der Waals surface area contributed by atoms with E-state index in [-0.39, 0.29) is 41.5 Å². The lowest BCUT2D eigenvalue weighted by Gasteiger charge is -2.38. The number of aliphatic hydroxyl groups is 1. The lowest BCUT2D eigenvalue weighted by molar-refractivity contribution is 0.0819. The second kappa shape index (κ2) is 11.9. The van der Waals surface area contributed by atoms with Crippen LogP contribution < -0.4 is 14.2 Å². The van der Waals surface area contributed by atoms with E-state index in [2.05, 4.69) is 0 Å². The lowest BCUT2D eigenvalue weighted by Crippen LogP contribution is -2.27. The molecule has 0 radical (unpaired) electrons. The first-order valence-electron chi connectivity index (χ1n) is 14.4. The molecule has 6 rings (SSSR count). The summed E-state index contributed by atoms with van der Waals surface area (Å²) >= 11 is 0. The third-order valence-electron chi connectivity index (χ3n) is 8.34. The third kappa shape index (κ3) is 5.96. The summed E-state index contributed by atoms with van der Waals surface area (Å²) in [6, 6.07) is 22.2. The fourth-order valence-electron chi connectivity index (χ4n) is 6.12. The molecule has 0 bridgehead atoms. The Bertz CT molecular complexity index is 1600. The van der Waals surface area contributed by atoms with Crippen molar-refractivity contribution >= 4 is 5.78 Å². The Morgan fingerprint density at radius 1 is 0.837 bits per heavy atom. The highest BCUT2D eigenvalue weighted by atomic mass is 16.5. The van der Waals surface area contributed by atoms with Crippen molar-refractivity contribution < 1.29 is 39.4 Å². The summed E-state index contributed by atoms with van der Waals surface area (Å²) in [6.07, 6.45) is 0.605. The first kappa shape index (κ1) is 28.4. The maximum atomic E-state index is 13.6. The van der Waals surface area contributed by atoms with Crippen LogP contribution in [0.4, 0.5) is 0 Å². The van der Waals surface area contributed by atoms with Gasteiger partial charge >= 0.3 is 0 Å². The van der Waals surface area contributed by atoms with E-state index in [4.69, 9.17) is 14.2 Å². The number of fused-ring (bicyclic) bond motifs is 3. The molecule has 8 nitrogen and oxygen atoms in total. The number of carbonyl (C=O) groups excluding carboxylic acids is 1. The Morgan fingerprint density at radius 2 is 1.42 bits per heavy atom. The number of methoxy groups -OCH3 is 1. The molecule has 0 saturated carbocycles. The molecule has 2 heterocycles. The molecule has 0 amide bonds. The maximum absolute atomic E-state index is 13.6. The molecule has 4 atom stereocenters. The number of hydrogen-bond donors (Lipinski definition) is 4. The fraction of sp³-hybridized carbons (Fsp3) is 0.286. The first-order chi connectivity index (χ1) is 20.8. The van der Waals surface area contributed by atoms with E-state index in [1.54, 1.807) is 54.6 Å². The number of phenolic OH excluding ortho intramolecular Hbond substituents is 3. The van der Waals surface area contributed by atoms with E-state index >= 15 is 0 Å². The monoisotopic (exact) mass is 582 g/mol. The van der Waals surface area contributed by atoms with Gasteiger partial charge in [0.05, 0.1) is 19.6 Å². The normalized spacial score (nSPS) is 19.9. The number of aliphatic hydroxyl groups excluding tert-OH is 1. The van der Waals surface area contributed by atoms with Crippen molar-refractivity contribution in [2.45, 2.75) is 56.3 Å². The number of ether oxygens (including phenoxy) is 3. The molecule has 0 aliphatic carbocycles. The van der Waals surface area contributed by atoms with Gasteiger partial charge in [-0.3, -0.25) is 4.79 Å². The van der Waals surface area contributed by atoms with Crippen LogP contribution in [0.15, 0.2) is 78.9 Å². The molecule has 2 aliphatic rings. The molecule has 4 N–H and O–H groups in total. The highest BCUT2D eigenvalue weighted by Crippen LogP contribution is 2.54. The van der Waals surface area contributed by atoms with Gasteiger partial charge in [0.15, 0.2) is 5.78 Å². The maximum Gasteiger partial charge on any atom is 0.174 e.